The molecule has 0 aromatic heterocycles. The summed E-state index contributed by atoms with van der Waals surface area (Å²) in [6, 6.07) is 0. The summed E-state index contributed by atoms with van der Waals surface area (Å²) < 4.78 is 4.74. The van der Waals surface area contributed by atoms with Crippen LogP contribution in [-0.2, 0) is 14.3 Å². The lowest BCUT2D eigenvalue weighted by molar-refractivity contribution is -0.155. The number of carboxylic acids is 1. The molecule has 0 aromatic rings. The van der Waals surface area contributed by atoms with Crippen LogP contribution in [0.3, 0.4) is 0 Å². The van der Waals surface area contributed by atoms with E-state index in [2.05, 4.69) is 0 Å². The van der Waals surface area contributed by atoms with Crippen molar-refractivity contribution in [2.45, 2.75) is 25.8 Å². The Balaban J connectivity index is 4.37. The second-order valence-corrected chi connectivity index (χ2v) is 3.56. The summed E-state index contributed by atoms with van der Waals surface area (Å²) in [5, 5.41) is 8.86. The van der Waals surface area contributed by atoms with Crippen LogP contribution in [0.2, 0.25) is 0 Å². The highest BCUT2D eigenvalue weighted by Crippen LogP contribution is 2.13. The van der Waals surface area contributed by atoms with E-state index in [1.54, 1.807) is 0 Å². The number of carbonyl (C=O) groups is 2. The molecular weight excluding hydrogens is 186 g/mol. The quantitative estimate of drug-likeness (QED) is 0.700. The molecule has 0 unspecified atom stereocenters. The topological polar surface area (TPSA) is 66.8 Å². The smallest absolute Gasteiger partial charge is 0.329 e. The van der Waals surface area contributed by atoms with Gasteiger partial charge in [-0.2, -0.15) is 0 Å². The number of rotatable bonds is 5. The van der Waals surface area contributed by atoms with Gasteiger partial charge >= 0.3 is 5.97 Å². The Morgan fingerprint density at radius 2 is 1.93 bits per heavy atom. The van der Waals surface area contributed by atoms with Crippen molar-refractivity contribution in [3.63, 3.8) is 0 Å². The highest BCUT2D eigenvalue weighted by atomic mass is 16.5. The lowest BCUT2D eigenvalue weighted by atomic mass is 10.0. The van der Waals surface area contributed by atoms with Gasteiger partial charge in [0.25, 0.3) is 0 Å². The second kappa shape index (κ2) is 4.95. The summed E-state index contributed by atoms with van der Waals surface area (Å²) in [7, 11) is 2.97. The molecule has 82 valence electrons. The van der Waals surface area contributed by atoms with Crippen LogP contribution in [0.5, 0.6) is 0 Å². The lowest BCUT2D eigenvalue weighted by Gasteiger charge is -2.31. The molecule has 0 saturated carbocycles. The molecule has 0 aliphatic heterocycles. The van der Waals surface area contributed by atoms with Crippen LogP contribution in [0.15, 0.2) is 0 Å². The number of aliphatic carboxylic acids is 1. The van der Waals surface area contributed by atoms with Gasteiger partial charge < -0.3 is 14.7 Å². The van der Waals surface area contributed by atoms with Gasteiger partial charge in [0.05, 0.1) is 13.0 Å². The summed E-state index contributed by atoms with van der Waals surface area (Å²) in [5.41, 5.74) is -1.18. The largest absolute Gasteiger partial charge is 0.480 e. The van der Waals surface area contributed by atoms with Crippen molar-refractivity contribution in [3.05, 3.63) is 0 Å². The van der Waals surface area contributed by atoms with E-state index in [9.17, 15) is 9.59 Å². The minimum Gasteiger partial charge on any atom is -0.480 e. The number of amides is 1. The summed E-state index contributed by atoms with van der Waals surface area (Å²) in [5.74, 6) is -1.26. The number of carboxylic acid groups (broad SMARTS) is 1. The van der Waals surface area contributed by atoms with Crippen LogP contribution in [0.25, 0.3) is 0 Å². The Kier molecular flexibility index (Phi) is 4.56. The Labute approximate surface area is 83.6 Å². The van der Waals surface area contributed by atoms with Gasteiger partial charge in [-0.3, -0.25) is 4.79 Å². The van der Waals surface area contributed by atoms with Crippen LogP contribution < -0.4 is 0 Å². The number of methoxy groups -OCH3 is 1. The van der Waals surface area contributed by atoms with Gasteiger partial charge in [-0.05, 0) is 13.8 Å². The predicted octanol–water partition coefficient (Wildman–Crippen LogP) is 0.344. The third kappa shape index (κ3) is 2.99. The number of nitrogens with zero attached hydrogens (tertiary/aromatic N) is 1. The van der Waals surface area contributed by atoms with E-state index < -0.39 is 11.5 Å². The molecule has 0 spiro atoms. The van der Waals surface area contributed by atoms with Crippen molar-refractivity contribution >= 4 is 11.9 Å². The molecule has 0 rings (SSSR count). The van der Waals surface area contributed by atoms with Gasteiger partial charge in [0.15, 0.2) is 0 Å². The third-order valence-corrected chi connectivity index (χ3v) is 2.26. The average Bonchev–Trinajstić information content (AvgIpc) is 2.12. The molecule has 0 aliphatic carbocycles. The van der Waals surface area contributed by atoms with Gasteiger partial charge in [-0.25, -0.2) is 4.79 Å². The van der Waals surface area contributed by atoms with E-state index in [0.29, 0.717) is 6.61 Å². The average molecular weight is 203 g/mol. The maximum absolute atomic E-state index is 11.4. The first kappa shape index (κ1) is 12.9. The molecule has 1 N–H and O–H groups in total. The molecule has 0 saturated heterocycles. The fraction of sp³-hybridized carbons (Fsp3) is 0.778. The Morgan fingerprint density at radius 3 is 2.29 bits per heavy atom. The van der Waals surface area contributed by atoms with Crippen molar-refractivity contribution in [2.75, 3.05) is 20.8 Å². The van der Waals surface area contributed by atoms with Crippen molar-refractivity contribution < 1.29 is 19.4 Å². The number of ether oxygens (including phenoxy) is 1. The predicted molar refractivity (Wildman–Crippen MR) is 51.0 cm³/mol. The van der Waals surface area contributed by atoms with Crippen LogP contribution in [0.4, 0.5) is 0 Å². The third-order valence-electron chi connectivity index (χ3n) is 2.26. The molecule has 5 heteroatoms. The zero-order valence-electron chi connectivity index (χ0n) is 9.03. The monoisotopic (exact) mass is 203 g/mol. The van der Waals surface area contributed by atoms with E-state index in [0.717, 1.165) is 0 Å². The first-order valence-electron chi connectivity index (χ1n) is 4.33. The number of hydrogen-bond acceptors (Lipinski definition) is 3. The molecule has 0 aromatic carbocycles. The van der Waals surface area contributed by atoms with E-state index in [4.69, 9.17) is 9.84 Å². The van der Waals surface area contributed by atoms with Crippen molar-refractivity contribution in [1.82, 2.24) is 4.90 Å². The van der Waals surface area contributed by atoms with Crippen molar-refractivity contribution in [1.29, 1.82) is 0 Å². The second-order valence-electron chi connectivity index (χ2n) is 3.56. The molecule has 1 amide bonds. The zero-order chi connectivity index (χ0) is 11.4. The lowest BCUT2D eigenvalue weighted by Crippen LogP contribution is -2.50. The summed E-state index contributed by atoms with van der Waals surface area (Å²) in [4.78, 5) is 23.5. The first-order valence-corrected chi connectivity index (χ1v) is 4.33. The number of carbonyl (C=O) groups excluding carboxylic acids is 1. The Hall–Kier alpha value is -1.10. The highest BCUT2D eigenvalue weighted by Gasteiger charge is 2.34. The van der Waals surface area contributed by atoms with Gasteiger partial charge in [0, 0.05) is 14.2 Å². The van der Waals surface area contributed by atoms with Crippen LogP contribution >= 0.6 is 0 Å². The van der Waals surface area contributed by atoms with E-state index in [1.165, 1.54) is 32.9 Å². The number of hydrogen-bond donors (Lipinski definition) is 1. The van der Waals surface area contributed by atoms with Crippen LogP contribution in [0, 0.1) is 0 Å². The SMILES string of the molecule is COCCC(=O)N(C)C(C)(C)C(=O)O. The van der Waals surface area contributed by atoms with Crippen molar-refractivity contribution in [3.8, 4) is 0 Å². The maximum Gasteiger partial charge on any atom is 0.329 e. The molecular formula is C9H17NO4. The van der Waals surface area contributed by atoms with Crippen molar-refractivity contribution in [2.24, 2.45) is 0 Å². The standard InChI is InChI=1S/C9H17NO4/c1-9(2,8(12)13)10(3)7(11)5-6-14-4/h5-6H2,1-4H3,(H,12,13). The minimum atomic E-state index is -1.18. The minimum absolute atomic E-state index is 0.198. The molecule has 5 nitrogen and oxygen atoms in total. The summed E-state index contributed by atoms with van der Waals surface area (Å²) >= 11 is 0. The van der Waals surface area contributed by atoms with Gasteiger partial charge in [0.1, 0.15) is 5.54 Å². The van der Waals surface area contributed by atoms with Crippen LogP contribution in [-0.4, -0.2) is 48.2 Å². The fourth-order valence-corrected chi connectivity index (χ4v) is 0.812. The molecule has 0 fully saturated rings. The molecule has 14 heavy (non-hydrogen) atoms. The fourth-order valence-electron chi connectivity index (χ4n) is 0.812. The van der Waals surface area contributed by atoms with Gasteiger partial charge in [-0.15, -0.1) is 0 Å². The number of likely N-dealkylation sites (N-methyl/N-ethyl adjacent to an activating group) is 1. The molecule has 0 aliphatic rings. The van der Waals surface area contributed by atoms with Crippen LogP contribution in [0.1, 0.15) is 20.3 Å². The first-order chi connectivity index (χ1) is 6.34. The zero-order valence-corrected chi connectivity index (χ0v) is 9.03. The Bertz CT molecular complexity index is 225. The summed E-state index contributed by atoms with van der Waals surface area (Å²) in [6.45, 7) is 3.28. The molecule has 0 heterocycles. The molecule has 0 bridgehead atoms. The highest BCUT2D eigenvalue weighted by molar-refractivity contribution is 5.86. The molecule has 0 atom stereocenters. The summed E-state index contributed by atoms with van der Waals surface area (Å²) in [6.07, 6.45) is 0.198. The van der Waals surface area contributed by atoms with Gasteiger partial charge in [0.2, 0.25) is 5.91 Å². The van der Waals surface area contributed by atoms with E-state index in [-0.39, 0.29) is 12.3 Å². The normalized spacial score (nSPS) is 11.1. The van der Waals surface area contributed by atoms with Gasteiger partial charge in [-0.1, -0.05) is 0 Å². The van der Waals surface area contributed by atoms with E-state index >= 15 is 0 Å². The van der Waals surface area contributed by atoms with E-state index in [1.807, 2.05) is 0 Å². The molecule has 0 radical (unpaired) electrons. The Morgan fingerprint density at radius 1 is 1.43 bits per heavy atom. The maximum atomic E-state index is 11.4.